The lowest BCUT2D eigenvalue weighted by atomic mass is 10.2. The van der Waals surface area contributed by atoms with Crippen molar-refractivity contribution in [1.29, 1.82) is 0 Å². The summed E-state index contributed by atoms with van der Waals surface area (Å²) in [5.74, 6) is -0.415. The fourth-order valence-corrected chi connectivity index (χ4v) is 2.52. The van der Waals surface area contributed by atoms with Gasteiger partial charge in [0, 0.05) is 6.07 Å². The highest BCUT2D eigenvalue weighted by atomic mass is 16.6. The Kier molecular flexibility index (Phi) is 6.53. The number of nitrogens with one attached hydrogen (secondary N) is 1. The van der Waals surface area contributed by atoms with Gasteiger partial charge >= 0.3 is 11.7 Å². The summed E-state index contributed by atoms with van der Waals surface area (Å²) in [4.78, 5) is 34.4. The van der Waals surface area contributed by atoms with E-state index in [2.05, 4.69) is 10.4 Å². The number of benzene rings is 1. The highest BCUT2D eigenvalue weighted by Crippen LogP contribution is 2.28. The fraction of sp³-hybridized carbons (Fsp3) is 0.353. The van der Waals surface area contributed by atoms with Crippen LogP contribution >= 0.6 is 0 Å². The minimum absolute atomic E-state index is 0.157. The zero-order valence-corrected chi connectivity index (χ0v) is 15.8. The van der Waals surface area contributed by atoms with Gasteiger partial charge in [0.05, 0.1) is 24.8 Å². The summed E-state index contributed by atoms with van der Waals surface area (Å²) < 4.78 is 16.3. The number of carbonyl (C=O) groups excluding carboxylic acids is 2. The second kappa shape index (κ2) is 8.84. The molecule has 0 saturated heterocycles. The molecule has 0 fully saturated rings. The van der Waals surface area contributed by atoms with Crippen LogP contribution in [0, 0.1) is 24.0 Å². The third-order valence-electron chi connectivity index (χ3n) is 3.85. The number of nitrogens with zero attached hydrogens (tertiary/aromatic N) is 3. The minimum Gasteiger partial charge on any atom is -0.497 e. The van der Waals surface area contributed by atoms with Crippen molar-refractivity contribution in [3.05, 3.63) is 39.7 Å². The van der Waals surface area contributed by atoms with Gasteiger partial charge in [-0.05, 0) is 26.0 Å². The van der Waals surface area contributed by atoms with Gasteiger partial charge < -0.3 is 19.5 Å². The Morgan fingerprint density at radius 1 is 1.25 bits per heavy atom. The van der Waals surface area contributed by atoms with Crippen LogP contribution in [-0.2, 0) is 20.9 Å². The lowest BCUT2D eigenvalue weighted by molar-refractivity contribution is -0.386. The largest absolute Gasteiger partial charge is 0.497 e. The number of aryl methyl sites for hydroxylation is 1. The Labute approximate surface area is 160 Å². The molecule has 0 unspecified atom stereocenters. The molecule has 1 aromatic heterocycles. The molecule has 1 amide bonds. The Morgan fingerprint density at radius 2 is 1.96 bits per heavy atom. The molecule has 28 heavy (non-hydrogen) atoms. The number of rotatable bonds is 8. The van der Waals surface area contributed by atoms with Crippen LogP contribution in [0.2, 0.25) is 0 Å². The molecule has 0 bridgehead atoms. The third kappa shape index (κ3) is 4.75. The highest BCUT2D eigenvalue weighted by Gasteiger charge is 2.23. The van der Waals surface area contributed by atoms with Crippen LogP contribution in [-0.4, -0.2) is 47.4 Å². The summed E-state index contributed by atoms with van der Waals surface area (Å²) in [7, 11) is 2.93. The van der Waals surface area contributed by atoms with Gasteiger partial charge in [-0.2, -0.15) is 5.10 Å². The predicted octanol–water partition coefficient (Wildman–Crippen LogP) is 1.61. The van der Waals surface area contributed by atoms with E-state index >= 15 is 0 Å². The van der Waals surface area contributed by atoms with Crippen molar-refractivity contribution in [2.75, 3.05) is 26.1 Å². The van der Waals surface area contributed by atoms with E-state index in [4.69, 9.17) is 14.2 Å². The molecule has 2 rings (SSSR count). The molecule has 11 heteroatoms. The second-order valence-electron chi connectivity index (χ2n) is 5.71. The maximum absolute atomic E-state index is 12.1. The molecule has 11 nitrogen and oxygen atoms in total. The van der Waals surface area contributed by atoms with Crippen molar-refractivity contribution in [2.24, 2.45) is 0 Å². The molecule has 0 atom stereocenters. The minimum atomic E-state index is -0.756. The molecule has 0 saturated carbocycles. The van der Waals surface area contributed by atoms with Gasteiger partial charge in [-0.3, -0.25) is 24.4 Å². The van der Waals surface area contributed by atoms with Crippen LogP contribution in [0.4, 0.5) is 11.4 Å². The molecule has 1 aromatic carbocycles. The number of nitro groups is 1. The Hall–Kier alpha value is -3.63. The summed E-state index contributed by atoms with van der Waals surface area (Å²) >= 11 is 0. The van der Waals surface area contributed by atoms with E-state index in [1.165, 1.54) is 32.7 Å². The zero-order valence-electron chi connectivity index (χ0n) is 15.8. The number of anilines is 1. The number of methoxy groups -OCH3 is 2. The van der Waals surface area contributed by atoms with E-state index in [1.807, 2.05) is 0 Å². The Balaban J connectivity index is 1.96. The summed E-state index contributed by atoms with van der Waals surface area (Å²) in [6, 6.07) is 4.85. The zero-order chi connectivity index (χ0) is 20.8. The first-order valence-corrected chi connectivity index (χ1v) is 8.12. The SMILES string of the molecule is COc1ccc(OC)c(NC(=O)COC(=O)Cn2nc(C)c([N+](=O)[O-])c2C)c1. The second-order valence-corrected chi connectivity index (χ2v) is 5.71. The molecule has 150 valence electrons. The topological polar surface area (TPSA) is 135 Å². The first kappa shape index (κ1) is 20.7. The Bertz CT molecular complexity index is 907. The predicted molar refractivity (Wildman–Crippen MR) is 97.5 cm³/mol. The molecular formula is C17H20N4O7. The van der Waals surface area contributed by atoms with Crippen LogP contribution in [0.25, 0.3) is 0 Å². The van der Waals surface area contributed by atoms with Crippen molar-refractivity contribution >= 4 is 23.3 Å². The number of carbonyl (C=O) groups is 2. The number of esters is 1. The lowest BCUT2D eigenvalue weighted by Crippen LogP contribution is -2.23. The molecule has 0 spiro atoms. The van der Waals surface area contributed by atoms with Crippen LogP contribution in [0.5, 0.6) is 11.5 Å². The fourth-order valence-electron chi connectivity index (χ4n) is 2.52. The van der Waals surface area contributed by atoms with Gasteiger partial charge in [0.2, 0.25) is 0 Å². The van der Waals surface area contributed by atoms with Crippen molar-refractivity contribution < 1.29 is 28.7 Å². The van der Waals surface area contributed by atoms with E-state index in [1.54, 1.807) is 18.2 Å². The normalized spacial score (nSPS) is 10.3. The van der Waals surface area contributed by atoms with Crippen LogP contribution in [0.15, 0.2) is 18.2 Å². The van der Waals surface area contributed by atoms with Crippen LogP contribution < -0.4 is 14.8 Å². The summed E-state index contributed by atoms with van der Waals surface area (Å²) in [5, 5.41) is 17.5. The molecule has 0 aliphatic heterocycles. The average molecular weight is 392 g/mol. The molecule has 1 heterocycles. The Morgan fingerprint density at radius 3 is 2.54 bits per heavy atom. The van der Waals surface area contributed by atoms with E-state index in [0.29, 0.717) is 17.2 Å². The first-order chi connectivity index (χ1) is 13.3. The van der Waals surface area contributed by atoms with E-state index < -0.39 is 23.4 Å². The van der Waals surface area contributed by atoms with Crippen molar-refractivity contribution in [3.8, 4) is 11.5 Å². The van der Waals surface area contributed by atoms with Crippen molar-refractivity contribution in [1.82, 2.24) is 9.78 Å². The molecular weight excluding hydrogens is 372 g/mol. The van der Waals surface area contributed by atoms with Gasteiger partial charge in [0.1, 0.15) is 29.4 Å². The maximum atomic E-state index is 12.1. The van der Waals surface area contributed by atoms with Gasteiger partial charge in [0.25, 0.3) is 5.91 Å². The number of aromatic nitrogens is 2. The third-order valence-corrected chi connectivity index (χ3v) is 3.85. The number of hydrogen-bond donors (Lipinski definition) is 1. The van der Waals surface area contributed by atoms with E-state index in [0.717, 1.165) is 0 Å². The number of hydrogen-bond acceptors (Lipinski definition) is 8. The monoisotopic (exact) mass is 392 g/mol. The van der Waals surface area contributed by atoms with Gasteiger partial charge in [0.15, 0.2) is 6.61 Å². The summed E-state index contributed by atoms with van der Waals surface area (Å²) in [6.45, 7) is 2.06. The van der Waals surface area contributed by atoms with Gasteiger partial charge in [-0.25, -0.2) is 0 Å². The van der Waals surface area contributed by atoms with Gasteiger partial charge in [-0.1, -0.05) is 0 Å². The standard InChI is InChI=1S/C17H20N4O7/c1-10-17(21(24)25)11(2)20(19-10)8-16(23)28-9-15(22)18-13-7-12(26-3)5-6-14(13)27-4/h5-7H,8-9H2,1-4H3,(H,18,22). The molecule has 0 aliphatic rings. The highest BCUT2D eigenvalue weighted by molar-refractivity contribution is 5.94. The molecule has 0 aliphatic carbocycles. The summed E-state index contributed by atoms with van der Waals surface area (Å²) in [6.07, 6.45) is 0. The van der Waals surface area contributed by atoms with E-state index in [9.17, 15) is 19.7 Å². The van der Waals surface area contributed by atoms with Crippen LogP contribution in [0.1, 0.15) is 11.4 Å². The summed E-state index contributed by atoms with van der Waals surface area (Å²) in [5.41, 5.74) is 0.621. The average Bonchev–Trinajstić information content (AvgIpc) is 2.93. The quantitative estimate of drug-likeness (QED) is 0.407. The van der Waals surface area contributed by atoms with Gasteiger partial charge in [-0.15, -0.1) is 0 Å². The number of amides is 1. The van der Waals surface area contributed by atoms with Crippen molar-refractivity contribution in [3.63, 3.8) is 0 Å². The molecule has 2 aromatic rings. The maximum Gasteiger partial charge on any atom is 0.328 e. The van der Waals surface area contributed by atoms with Crippen LogP contribution in [0.3, 0.4) is 0 Å². The van der Waals surface area contributed by atoms with Crippen molar-refractivity contribution in [2.45, 2.75) is 20.4 Å². The number of ether oxygens (including phenoxy) is 3. The molecule has 0 radical (unpaired) electrons. The van der Waals surface area contributed by atoms with E-state index in [-0.39, 0.29) is 23.6 Å². The lowest BCUT2D eigenvalue weighted by Gasteiger charge is -2.12. The molecule has 1 N–H and O–H groups in total. The smallest absolute Gasteiger partial charge is 0.328 e. The first-order valence-electron chi connectivity index (χ1n) is 8.12.